The molecular weight excluding hydrogens is 220 g/mol. The Bertz CT molecular complexity index is 580. The third-order valence-corrected chi connectivity index (χ3v) is 2.47. The molecule has 88 valence electrons. The number of rotatable bonds is 4. The Labute approximate surface area is 98.1 Å². The van der Waals surface area contributed by atoms with Crippen LogP contribution in [-0.2, 0) is 0 Å². The Balaban J connectivity index is 2.62. The van der Waals surface area contributed by atoms with Crippen LogP contribution in [0.5, 0.6) is 5.75 Å². The molecule has 1 heterocycles. The smallest absolute Gasteiger partial charge is 0.372 e. The number of benzene rings is 1. The summed E-state index contributed by atoms with van der Waals surface area (Å²) in [5.41, 5.74) is 1.09. The van der Waals surface area contributed by atoms with Crippen LogP contribution in [0, 0.1) is 6.92 Å². The minimum atomic E-state index is -1.08. The van der Waals surface area contributed by atoms with Crippen LogP contribution >= 0.6 is 0 Å². The van der Waals surface area contributed by atoms with Crippen molar-refractivity contribution in [2.75, 3.05) is 6.61 Å². The van der Waals surface area contributed by atoms with Gasteiger partial charge in [0.25, 0.3) is 0 Å². The van der Waals surface area contributed by atoms with Crippen molar-refractivity contribution < 1.29 is 19.1 Å². The van der Waals surface area contributed by atoms with E-state index in [9.17, 15) is 4.79 Å². The minimum Gasteiger partial charge on any atom is -0.489 e. The topological polar surface area (TPSA) is 59.7 Å². The quantitative estimate of drug-likeness (QED) is 0.823. The molecule has 0 saturated heterocycles. The molecule has 17 heavy (non-hydrogen) atoms. The summed E-state index contributed by atoms with van der Waals surface area (Å²) in [4.78, 5) is 11.0. The van der Waals surface area contributed by atoms with Gasteiger partial charge in [0, 0.05) is 5.56 Å². The van der Waals surface area contributed by atoms with Gasteiger partial charge in [-0.25, -0.2) is 4.79 Å². The van der Waals surface area contributed by atoms with E-state index >= 15 is 0 Å². The molecule has 0 fully saturated rings. The van der Waals surface area contributed by atoms with Crippen LogP contribution in [-0.4, -0.2) is 17.7 Å². The molecule has 1 N–H and O–H groups in total. The Morgan fingerprint density at radius 3 is 3.00 bits per heavy atom. The van der Waals surface area contributed by atoms with Crippen LogP contribution in [0.1, 0.15) is 16.1 Å². The van der Waals surface area contributed by atoms with Crippen LogP contribution in [0.15, 0.2) is 35.3 Å². The second-order valence-corrected chi connectivity index (χ2v) is 3.59. The number of carboxylic acids is 1. The molecule has 0 aliphatic rings. The van der Waals surface area contributed by atoms with Crippen LogP contribution < -0.4 is 4.74 Å². The van der Waals surface area contributed by atoms with Gasteiger partial charge in [0.05, 0.1) is 5.39 Å². The molecule has 0 unspecified atom stereocenters. The van der Waals surface area contributed by atoms with Gasteiger partial charge in [0.15, 0.2) is 0 Å². The third-order valence-electron chi connectivity index (χ3n) is 2.47. The molecule has 4 heteroatoms. The molecule has 0 amide bonds. The molecule has 0 aliphatic heterocycles. The fraction of sp³-hybridized carbons (Fsp3) is 0.154. The highest BCUT2D eigenvalue weighted by Crippen LogP contribution is 2.33. The highest BCUT2D eigenvalue weighted by Gasteiger charge is 2.19. The number of carbonyl (C=O) groups is 1. The number of ether oxygens (including phenoxy) is 1. The lowest BCUT2D eigenvalue weighted by atomic mass is 10.1. The van der Waals surface area contributed by atoms with Crippen molar-refractivity contribution in [3.63, 3.8) is 0 Å². The molecule has 4 nitrogen and oxygen atoms in total. The van der Waals surface area contributed by atoms with Crippen molar-refractivity contribution in [1.82, 2.24) is 0 Å². The van der Waals surface area contributed by atoms with Crippen molar-refractivity contribution in [3.05, 3.63) is 42.2 Å². The fourth-order valence-electron chi connectivity index (χ4n) is 1.74. The summed E-state index contributed by atoms with van der Waals surface area (Å²) in [6.45, 7) is 5.64. The largest absolute Gasteiger partial charge is 0.489 e. The lowest BCUT2D eigenvalue weighted by Gasteiger charge is -2.04. The summed E-state index contributed by atoms with van der Waals surface area (Å²) in [5.74, 6) is -0.515. The zero-order chi connectivity index (χ0) is 12.4. The fourth-order valence-corrected chi connectivity index (χ4v) is 1.74. The Morgan fingerprint density at radius 1 is 1.59 bits per heavy atom. The van der Waals surface area contributed by atoms with Crippen LogP contribution in [0.25, 0.3) is 11.0 Å². The van der Waals surface area contributed by atoms with Gasteiger partial charge in [0.1, 0.15) is 17.9 Å². The number of hydrogen-bond acceptors (Lipinski definition) is 3. The molecule has 2 rings (SSSR count). The van der Waals surface area contributed by atoms with E-state index in [1.807, 2.05) is 0 Å². The first-order chi connectivity index (χ1) is 8.15. The van der Waals surface area contributed by atoms with Gasteiger partial charge in [-0.1, -0.05) is 18.7 Å². The zero-order valence-corrected chi connectivity index (χ0v) is 9.40. The van der Waals surface area contributed by atoms with E-state index in [4.69, 9.17) is 14.3 Å². The predicted molar refractivity (Wildman–Crippen MR) is 63.6 cm³/mol. The maximum absolute atomic E-state index is 11.0. The Hall–Kier alpha value is -2.23. The molecule has 1 aromatic heterocycles. The maximum atomic E-state index is 11.0. The SMILES string of the molecule is C=CCOc1cccc2oc(C(=O)O)c(C)c12. The summed E-state index contributed by atoms with van der Waals surface area (Å²) in [6, 6.07) is 5.25. The maximum Gasteiger partial charge on any atom is 0.372 e. The highest BCUT2D eigenvalue weighted by molar-refractivity contribution is 5.97. The van der Waals surface area contributed by atoms with Crippen LogP contribution in [0.2, 0.25) is 0 Å². The second-order valence-electron chi connectivity index (χ2n) is 3.59. The van der Waals surface area contributed by atoms with E-state index in [0.717, 1.165) is 0 Å². The number of fused-ring (bicyclic) bond motifs is 1. The molecule has 0 aliphatic carbocycles. The van der Waals surface area contributed by atoms with Gasteiger partial charge in [-0.15, -0.1) is 0 Å². The van der Waals surface area contributed by atoms with Crippen molar-refractivity contribution in [2.45, 2.75) is 6.92 Å². The summed E-state index contributed by atoms with van der Waals surface area (Å²) in [6.07, 6.45) is 1.63. The van der Waals surface area contributed by atoms with Crippen LogP contribution in [0.3, 0.4) is 0 Å². The Kier molecular flexibility index (Phi) is 2.87. The molecule has 0 bridgehead atoms. The lowest BCUT2D eigenvalue weighted by Crippen LogP contribution is -1.96. The number of aryl methyl sites for hydroxylation is 1. The van der Waals surface area contributed by atoms with Crippen molar-refractivity contribution in [3.8, 4) is 5.75 Å². The second kappa shape index (κ2) is 4.33. The van der Waals surface area contributed by atoms with Crippen molar-refractivity contribution in [1.29, 1.82) is 0 Å². The summed E-state index contributed by atoms with van der Waals surface area (Å²) in [7, 11) is 0. The molecule has 0 radical (unpaired) electrons. The van der Waals surface area contributed by atoms with Crippen molar-refractivity contribution in [2.24, 2.45) is 0 Å². The van der Waals surface area contributed by atoms with E-state index in [1.54, 1.807) is 31.2 Å². The highest BCUT2D eigenvalue weighted by atomic mass is 16.5. The predicted octanol–water partition coefficient (Wildman–Crippen LogP) is 3.00. The lowest BCUT2D eigenvalue weighted by molar-refractivity contribution is 0.0664. The van der Waals surface area contributed by atoms with Gasteiger partial charge in [-0.3, -0.25) is 0 Å². The molecule has 0 saturated carbocycles. The van der Waals surface area contributed by atoms with Gasteiger partial charge in [-0.05, 0) is 19.1 Å². The summed E-state index contributed by atoms with van der Waals surface area (Å²) < 4.78 is 10.7. The van der Waals surface area contributed by atoms with Gasteiger partial charge >= 0.3 is 5.97 Å². The average molecular weight is 232 g/mol. The number of carboxylic acid groups (broad SMARTS) is 1. The first-order valence-corrected chi connectivity index (χ1v) is 5.14. The normalized spacial score (nSPS) is 10.4. The monoisotopic (exact) mass is 232 g/mol. The Morgan fingerprint density at radius 2 is 2.35 bits per heavy atom. The van der Waals surface area contributed by atoms with E-state index in [1.165, 1.54) is 0 Å². The molecule has 2 aromatic rings. The van der Waals surface area contributed by atoms with Gasteiger partial charge < -0.3 is 14.3 Å². The number of furan rings is 1. The first kappa shape index (κ1) is 11.3. The number of aromatic carboxylic acids is 1. The minimum absolute atomic E-state index is 0.0466. The van der Waals surface area contributed by atoms with E-state index < -0.39 is 5.97 Å². The van der Waals surface area contributed by atoms with Gasteiger partial charge in [0.2, 0.25) is 5.76 Å². The molecular formula is C13H12O4. The third kappa shape index (κ3) is 1.89. The van der Waals surface area contributed by atoms with Crippen LogP contribution in [0.4, 0.5) is 0 Å². The standard InChI is InChI=1S/C13H12O4/c1-3-7-16-9-5-4-6-10-11(9)8(2)12(17-10)13(14)15/h3-6H,1,7H2,2H3,(H,14,15). The zero-order valence-electron chi connectivity index (χ0n) is 9.40. The first-order valence-electron chi connectivity index (χ1n) is 5.14. The number of hydrogen-bond donors (Lipinski definition) is 1. The average Bonchev–Trinajstić information content (AvgIpc) is 2.65. The van der Waals surface area contributed by atoms with Crippen molar-refractivity contribution >= 4 is 16.9 Å². The van der Waals surface area contributed by atoms with E-state index in [0.29, 0.717) is 28.9 Å². The van der Waals surface area contributed by atoms with E-state index in [2.05, 4.69) is 6.58 Å². The van der Waals surface area contributed by atoms with Gasteiger partial charge in [-0.2, -0.15) is 0 Å². The summed E-state index contributed by atoms with van der Waals surface area (Å²) in [5, 5.41) is 9.68. The summed E-state index contributed by atoms with van der Waals surface area (Å²) >= 11 is 0. The van der Waals surface area contributed by atoms with E-state index in [-0.39, 0.29) is 5.76 Å². The molecule has 0 spiro atoms. The molecule has 1 aromatic carbocycles. The molecule has 0 atom stereocenters.